The topological polar surface area (TPSA) is 46.9 Å². The summed E-state index contributed by atoms with van der Waals surface area (Å²) in [4.78, 5) is 12.7. The number of nitrogens with one attached hydrogen (secondary N) is 1. The van der Waals surface area contributed by atoms with Gasteiger partial charge >= 0.3 is 0 Å². The summed E-state index contributed by atoms with van der Waals surface area (Å²) >= 11 is 13.6. The van der Waals surface area contributed by atoms with Gasteiger partial charge in [-0.05, 0) is 18.2 Å². The lowest BCUT2D eigenvalue weighted by Crippen LogP contribution is -2.26. The molecule has 0 saturated heterocycles. The summed E-state index contributed by atoms with van der Waals surface area (Å²) in [6.45, 7) is 1.11. The van der Waals surface area contributed by atoms with Crippen LogP contribution in [0.15, 0.2) is 36.7 Å². The molecular formula is C14H11Cl2N3OS. The van der Waals surface area contributed by atoms with Crippen molar-refractivity contribution in [1.29, 1.82) is 0 Å². The molecule has 0 unspecified atom stereocenters. The van der Waals surface area contributed by atoms with Gasteiger partial charge in [0.1, 0.15) is 4.88 Å². The number of thiophene rings is 1. The molecule has 1 N–H and O–H groups in total. The fourth-order valence-corrected chi connectivity index (χ4v) is 3.69. The zero-order valence-corrected chi connectivity index (χ0v) is 13.2. The number of benzene rings is 1. The van der Waals surface area contributed by atoms with E-state index in [2.05, 4.69) is 10.4 Å². The Balaban J connectivity index is 1.73. The van der Waals surface area contributed by atoms with Gasteiger partial charge in [-0.1, -0.05) is 29.3 Å². The van der Waals surface area contributed by atoms with Gasteiger partial charge in [0, 0.05) is 34.0 Å². The summed E-state index contributed by atoms with van der Waals surface area (Å²) in [6, 6.07) is 7.25. The van der Waals surface area contributed by atoms with E-state index in [-0.39, 0.29) is 5.91 Å². The van der Waals surface area contributed by atoms with Gasteiger partial charge in [0.05, 0.1) is 11.6 Å². The summed E-state index contributed by atoms with van der Waals surface area (Å²) in [5, 5.41) is 8.88. The molecule has 0 radical (unpaired) electrons. The molecule has 0 fully saturated rings. The van der Waals surface area contributed by atoms with Crippen LogP contribution in [0.1, 0.15) is 9.67 Å². The van der Waals surface area contributed by atoms with Crippen LogP contribution in [-0.4, -0.2) is 22.2 Å². The molecule has 0 aliphatic rings. The van der Waals surface area contributed by atoms with Gasteiger partial charge in [-0.25, -0.2) is 0 Å². The second-order valence-corrected chi connectivity index (χ2v) is 6.28. The minimum atomic E-state index is -0.176. The molecule has 0 saturated carbocycles. The second-order valence-electron chi connectivity index (χ2n) is 4.41. The Morgan fingerprint density at radius 1 is 1.38 bits per heavy atom. The van der Waals surface area contributed by atoms with Crippen molar-refractivity contribution in [1.82, 2.24) is 15.1 Å². The number of hydrogen-bond acceptors (Lipinski definition) is 3. The molecule has 108 valence electrons. The molecule has 21 heavy (non-hydrogen) atoms. The second kappa shape index (κ2) is 6.05. The average Bonchev–Trinajstić information content (AvgIpc) is 3.07. The predicted octanol–water partition coefficient (Wildman–Crippen LogP) is 3.83. The molecule has 0 atom stereocenters. The highest BCUT2D eigenvalue weighted by Gasteiger charge is 2.16. The van der Waals surface area contributed by atoms with E-state index in [1.165, 1.54) is 11.3 Å². The maximum Gasteiger partial charge on any atom is 0.262 e. The molecule has 0 aliphatic heterocycles. The summed E-state index contributed by atoms with van der Waals surface area (Å²) in [5.41, 5.74) is 0. The molecule has 7 heteroatoms. The molecular weight excluding hydrogens is 329 g/mol. The minimum absolute atomic E-state index is 0.176. The van der Waals surface area contributed by atoms with Gasteiger partial charge in [-0.15, -0.1) is 11.3 Å². The maximum absolute atomic E-state index is 12.2. The first-order valence-electron chi connectivity index (χ1n) is 6.28. The van der Waals surface area contributed by atoms with E-state index in [0.29, 0.717) is 28.0 Å². The quantitative estimate of drug-likeness (QED) is 0.785. The molecule has 3 rings (SSSR count). The molecule has 0 spiro atoms. The Kier molecular flexibility index (Phi) is 4.14. The number of hydrogen-bond donors (Lipinski definition) is 1. The Labute approximate surface area is 135 Å². The molecule has 4 nitrogen and oxygen atoms in total. The van der Waals surface area contributed by atoms with Crippen LogP contribution in [0, 0.1) is 0 Å². The van der Waals surface area contributed by atoms with Crippen molar-refractivity contribution in [2.45, 2.75) is 6.54 Å². The number of fused-ring (bicyclic) bond motifs is 1. The van der Waals surface area contributed by atoms with Crippen LogP contribution in [0.3, 0.4) is 0 Å². The lowest BCUT2D eigenvalue weighted by Gasteiger charge is -2.04. The first-order chi connectivity index (χ1) is 10.1. The summed E-state index contributed by atoms with van der Waals surface area (Å²) in [5.74, 6) is -0.176. The summed E-state index contributed by atoms with van der Waals surface area (Å²) < 4.78 is 2.66. The van der Waals surface area contributed by atoms with E-state index in [1.54, 1.807) is 16.9 Å². The zero-order chi connectivity index (χ0) is 14.8. The van der Waals surface area contributed by atoms with Gasteiger partial charge in [0.25, 0.3) is 5.91 Å². The van der Waals surface area contributed by atoms with Crippen molar-refractivity contribution < 1.29 is 4.79 Å². The molecule has 0 bridgehead atoms. The molecule has 1 aromatic carbocycles. The van der Waals surface area contributed by atoms with Crippen molar-refractivity contribution in [3.05, 3.63) is 51.6 Å². The summed E-state index contributed by atoms with van der Waals surface area (Å²) in [6.07, 6.45) is 3.55. The van der Waals surface area contributed by atoms with E-state index < -0.39 is 0 Å². The highest BCUT2D eigenvalue weighted by atomic mass is 35.5. The Hall–Kier alpha value is -1.56. The van der Waals surface area contributed by atoms with Crippen molar-refractivity contribution >= 4 is 50.5 Å². The van der Waals surface area contributed by atoms with Crippen LogP contribution >= 0.6 is 34.5 Å². The third-order valence-electron chi connectivity index (χ3n) is 2.98. The van der Waals surface area contributed by atoms with Gasteiger partial charge in [0.2, 0.25) is 0 Å². The van der Waals surface area contributed by atoms with Crippen LogP contribution in [0.25, 0.3) is 10.1 Å². The van der Waals surface area contributed by atoms with E-state index in [1.807, 2.05) is 24.4 Å². The fraction of sp³-hybridized carbons (Fsp3) is 0.143. The largest absolute Gasteiger partial charge is 0.349 e. The van der Waals surface area contributed by atoms with E-state index in [9.17, 15) is 4.79 Å². The van der Waals surface area contributed by atoms with Crippen LogP contribution in [0.2, 0.25) is 10.0 Å². The first kappa shape index (κ1) is 14.4. The number of rotatable bonds is 4. The van der Waals surface area contributed by atoms with E-state index in [0.717, 1.165) is 10.1 Å². The molecule has 1 amide bonds. The highest BCUT2D eigenvalue weighted by Crippen LogP contribution is 2.36. The smallest absolute Gasteiger partial charge is 0.262 e. The molecule has 0 aliphatic carbocycles. The number of halogens is 2. The Morgan fingerprint density at radius 2 is 2.24 bits per heavy atom. The first-order valence-corrected chi connectivity index (χ1v) is 7.85. The third-order valence-corrected chi connectivity index (χ3v) is 4.87. The lowest BCUT2D eigenvalue weighted by atomic mass is 10.2. The molecule has 2 aromatic heterocycles. The van der Waals surface area contributed by atoms with Crippen LogP contribution in [-0.2, 0) is 6.54 Å². The van der Waals surface area contributed by atoms with E-state index >= 15 is 0 Å². The van der Waals surface area contributed by atoms with Gasteiger partial charge < -0.3 is 5.32 Å². The van der Waals surface area contributed by atoms with Crippen LogP contribution in [0.4, 0.5) is 0 Å². The predicted molar refractivity (Wildman–Crippen MR) is 86.4 cm³/mol. The summed E-state index contributed by atoms with van der Waals surface area (Å²) in [7, 11) is 0. The molecule has 3 aromatic rings. The van der Waals surface area contributed by atoms with Crippen LogP contribution in [0.5, 0.6) is 0 Å². The van der Waals surface area contributed by atoms with Crippen molar-refractivity contribution in [2.24, 2.45) is 0 Å². The maximum atomic E-state index is 12.2. The minimum Gasteiger partial charge on any atom is -0.349 e. The van der Waals surface area contributed by atoms with E-state index in [4.69, 9.17) is 23.2 Å². The van der Waals surface area contributed by atoms with Crippen molar-refractivity contribution in [2.75, 3.05) is 6.54 Å². The van der Waals surface area contributed by atoms with Crippen molar-refractivity contribution in [3.63, 3.8) is 0 Å². The highest BCUT2D eigenvalue weighted by molar-refractivity contribution is 7.21. The number of amides is 1. The number of nitrogens with zero attached hydrogens (tertiary/aromatic N) is 2. The standard InChI is InChI=1S/C14H11Cl2N3OS/c15-9-2-3-10-11(8-9)21-13(12(10)16)14(20)17-5-7-19-6-1-4-18-19/h1-4,6,8H,5,7H2,(H,17,20). The number of carbonyl (C=O) groups is 1. The number of aromatic nitrogens is 2. The van der Waals surface area contributed by atoms with Gasteiger partial charge in [-0.2, -0.15) is 5.10 Å². The Bertz CT molecular complexity index is 783. The lowest BCUT2D eigenvalue weighted by molar-refractivity contribution is 0.0956. The van der Waals surface area contributed by atoms with Gasteiger partial charge in [0.15, 0.2) is 0 Å². The number of carbonyl (C=O) groups excluding carboxylic acids is 1. The van der Waals surface area contributed by atoms with Gasteiger partial charge in [-0.3, -0.25) is 9.48 Å². The normalized spacial score (nSPS) is 11.0. The van der Waals surface area contributed by atoms with Crippen molar-refractivity contribution in [3.8, 4) is 0 Å². The molecule has 2 heterocycles. The SMILES string of the molecule is O=C(NCCn1cccn1)c1sc2cc(Cl)ccc2c1Cl. The Morgan fingerprint density at radius 3 is 3.00 bits per heavy atom. The fourth-order valence-electron chi connectivity index (χ4n) is 1.98. The monoisotopic (exact) mass is 339 g/mol. The third kappa shape index (κ3) is 3.05. The zero-order valence-electron chi connectivity index (χ0n) is 10.8. The average molecular weight is 340 g/mol. The van der Waals surface area contributed by atoms with Crippen LogP contribution < -0.4 is 5.32 Å².